The van der Waals surface area contributed by atoms with Gasteiger partial charge in [0.2, 0.25) is 0 Å². The molecule has 0 bridgehead atoms. The third kappa shape index (κ3) is 5.73. The van der Waals surface area contributed by atoms with Crippen LogP contribution in [0.25, 0.3) is 55.4 Å². The van der Waals surface area contributed by atoms with Crippen molar-refractivity contribution in [3.8, 4) is 34.0 Å². The van der Waals surface area contributed by atoms with Crippen LogP contribution in [0.4, 0.5) is 0 Å². The molecule has 0 radical (unpaired) electrons. The average molecular weight is 711 g/mol. The molecular weight excluding hydrogens is 676 g/mol. The van der Waals surface area contributed by atoms with Crippen LogP contribution in [0.1, 0.15) is 28.4 Å². The Morgan fingerprint density at radius 2 is 1.17 bits per heavy atom. The second-order valence-electron chi connectivity index (χ2n) is 13.5. The largest absolute Gasteiger partial charge is 0.347 e. The van der Waals surface area contributed by atoms with Crippen LogP contribution in [-0.4, -0.2) is 28.0 Å². The molecule has 1 aromatic heterocycles. The molecule has 2 heterocycles. The van der Waals surface area contributed by atoms with E-state index in [-0.39, 0.29) is 0 Å². The number of allylic oxidation sites excluding steroid dienone is 1. The Hall–Kier alpha value is -6.79. The van der Waals surface area contributed by atoms with Gasteiger partial charge in [0.15, 0.2) is 0 Å². The molecule has 1 aliphatic rings. The number of aromatic nitrogens is 1. The van der Waals surface area contributed by atoms with Crippen LogP contribution in [0.5, 0.6) is 0 Å². The van der Waals surface area contributed by atoms with Crippen LogP contribution in [-0.2, 0) is 0 Å². The highest BCUT2D eigenvalue weighted by molar-refractivity contribution is 7.19. The molecule has 4 nitrogen and oxygen atoms in total. The topological polar surface area (TPSA) is 44.3 Å². The fourth-order valence-electron chi connectivity index (χ4n) is 7.83. The zero-order valence-electron chi connectivity index (χ0n) is 29.7. The van der Waals surface area contributed by atoms with Crippen molar-refractivity contribution >= 4 is 47.9 Å². The SMILES string of the molecule is CN1C(c2ccccc2)=C(C#N)C(c2ccccc2)=NC1c1cc(-n2c3ccc(C=P)cc3c3cc(-c4ccccc4)ccc32)ccc1-c1ccccc1. The molecule has 0 N–H and O–H groups in total. The van der Waals surface area contributed by atoms with Crippen LogP contribution in [0.3, 0.4) is 0 Å². The molecule has 0 amide bonds. The van der Waals surface area contributed by atoms with Crippen LogP contribution in [0.15, 0.2) is 186 Å². The summed E-state index contributed by atoms with van der Waals surface area (Å²) in [6.07, 6.45) is -0.435. The lowest BCUT2D eigenvalue weighted by molar-refractivity contribution is 0.363. The van der Waals surface area contributed by atoms with Crippen molar-refractivity contribution in [3.05, 3.63) is 204 Å². The minimum atomic E-state index is -0.435. The highest BCUT2D eigenvalue weighted by Crippen LogP contribution is 2.43. The van der Waals surface area contributed by atoms with E-state index in [1.54, 1.807) is 0 Å². The van der Waals surface area contributed by atoms with E-state index in [4.69, 9.17) is 4.99 Å². The van der Waals surface area contributed by atoms with E-state index in [0.29, 0.717) is 11.3 Å². The van der Waals surface area contributed by atoms with Gasteiger partial charge in [0.05, 0.1) is 22.4 Å². The monoisotopic (exact) mass is 710 g/mol. The molecule has 0 saturated heterocycles. The first-order valence-corrected chi connectivity index (χ1v) is 18.6. The molecule has 5 heteroatoms. The number of nitriles is 1. The summed E-state index contributed by atoms with van der Waals surface area (Å²) < 4.78 is 2.37. The van der Waals surface area contributed by atoms with E-state index in [2.05, 4.69) is 153 Å². The van der Waals surface area contributed by atoms with E-state index in [9.17, 15) is 5.26 Å². The van der Waals surface area contributed by atoms with E-state index < -0.39 is 6.17 Å². The summed E-state index contributed by atoms with van der Waals surface area (Å²) in [4.78, 5) is 7.64. The molecule has 256 valence electrons. The average Bonchev–Trinajstić information content (AvgIpc) is 3.57. The molecular formula is C49H35N4P. The fraction of sp³-hybridized carbons (Fsp3) is 0.0408. The van der Waals surface area contributed by atoms with Gasteiger partial charge >= 0.3 is 0 Å². The number of nitrogens with zero attached hydrogens (tertiary/aromatic N) is 4. The summed E-state index contributed by atoms with van der Waals surface area (Å²) in [5.41, 5.74) is 13.9. The number of hydrogen-bond donors (Lipinski definition) is 0. The van der Waals surface area contributed by atoms with Gasteiger partial charge in [0, 0.05) is 34.6 Å². The maximum Gasteiger partial charge on any atom is 0.148 e. The molecule has 0 saturated carbocycles. The van der Waals surface area contributed by atoms with Crippen molar-refractivity contribution in [1.29, 1.82) is 5.26 Å². The third-order valence-electron chi connectivity index (χ3n) is 10.4. The zero-order valence-corrected chi connectivity index (χ0v) is 30.7. The number of fused-ring (bicyclic) bond motifs is 3. The molecule has 54 heavy (non-hydrogen) atoms. The molecule has 0 aliphatic carbocycles. The van der Waals surface area contributed by atoms with Crippen LogP contribution in [0, 0.1) is 11.3 Å². The minimum absolute atomic E-state index is 0.435. The van der Waals surface area contributed by atoms with Gasteiger partial charge in [-0.05, 0) is 75.6 Å². The maximum atomic E-state index is 10.7. The van der Waals surface area contributed by atoms with Crippen LogP contribution in [0.2, 0.25) is 0 Å². The molecule has 9 rings (SSSR count). The van der Waals surface area contributed by atoms with E-state index >= 15 is 0 Å². The predicted molar refractivity (Wildman–Crippen MR) is 228 cm³/mol. The second-order valence-corrected chi connectivity index (χ2v) is 13.8. The Kier molecular flexibility index (Phi) is 8.56. The summed E-state index contributed by atoms with van der Waals surface area (Å²) in [6.45, 7) is 0. The summed E-state index contributed by atoms with van der Waals surface area (Å²) >= 11 is 0. The fourth-order valence-corrected chi connectivity index (χ4v) is 8.01. The molecule has 1 aliphatic heterocycles. The van der Waals surface area contributed by atoms with Gasteiger partial charge in [-0.3, -0.25) is 4.99 Å². The Bertz CT molecular complexity index is 2800. The quantitative estimate of drug-likeness (QED) is 0.155. The summed E-state index contributed by atoms with van der Waals surface area (Å²) in [7, 11) is 5.69. The van der Waals surface area contributed by atoms with Crippen LogP contribution >= 0.6 is 8.86 Å². The van der Waals surface area contributed by atoms with Crippen LogP contribution < -0.4 is 0 Å². The Morgan fingerprint density at radius 3 is 1.80 bits per heavy atom. The lowest BCUT2D eigenvalue weighted by Crippen LogP contribution is -2.30. The number of hydrogen-bond acceptors (Lipinski definition) is 3. The minimum Gasteiger partial charge on any atom is -0.347 e. The third-order valence-corrected chi connectivity index (χ3v) is 10.7. The highest BCUT2D eigenvalue weighted by Gasteiger charge is 2.32. The number of benzene rings is 7. The van der Waals surface area contributed by atoms with E-state index in [1.165, 1.54) is 21.9 Å². The van der Waals surface area contributed by atoms with E-state index in [1.807, 2.05) is 60.4 Å². The lowest BCUT2D eigenvalue weighted by atomic mass is 9.91. The van der Waals surface area contributed by atoms with Gasteiger partial charge < -0.3 is 9.47 Å². The van der Waals surface area contributed by atoms with Gasteiger partial charge in [0.25, 0.3) is 0 Å². The molecule has 8 aromatic rings. The Labute approximate surface area is 317 Å². The van der Waals surface area contributed by atoms with E-state index in [0.717, 1.165) is 55.8 Å². The molecule has 0 spiro atoms. The summed E-state index contributed by atoms with van der Waals surface area (Å²) in [5, 5.41) is 13.1. The number of rotatable bonds is 7. The first-order chi connectivity index (χ1) is 26.6. The second kappa shape index (κ2) is 14.0. The number of aliphatic imine (C=N–C) groups is 1. The predicted octanol–water partition coefficient (Wildman–Crippen LogP) is 11.8. The standard InChI is InChI=1S/C49H35N4P/c1-52-48(37-20-12-5-13-21-37)44(31-50)47(36-18-10-4-11-19-36)51-49(52)43-30-39(24-25-40(43)35-16-8-3-9-17-35)53-45-26-22-33(32-54)28-41(45)42-29-38(23-27-46(42)53)34-14-6-2-7-15-34/h2-30,32,49,54H,1H3. The Morgan fingerprint density at radius 1 is 0.593 bits per heavy atom. The van der Waals surface area contributed by atoms with Gasteiger partial charge in [-0.15, -0.1) is 8.86 Å². The van der Waals surface area contributed by atoms with Gasteiger partial charge in [-0.1, -0.05) is 140 Å². The summed E-state index contributed by atoms with van der Waals surface area (Å²) in [5.74, 6) is 1.96. The summed E-state index contributed by atoms with van der Waals surface area (Å²) in [6, 6.07) is 64.0. The first-order valence-electron chi connectivity index (χ1n) is 18.0. The van der Waals surface area contributed by atoms with Crippen molar-refractivity contribution in [1.82, 2.24) is 9.47 Å². The van der Waals surface area contributed by atoms with Crippen molar-refractivity contribution in [2.45, 2.75) is 6.17 Å². The molecule has 7 aromatic carbocycles. The maximum absolute atomic E-state index is 10.7. The van der Waals surface area contributed by atoms with Crippen molar-refractivity contribution in [2.75, 3.05) is 7.05 Å². The Balaban J connectivity index is 1.31. The van der Waals surface area contributed by atoms with Crippen molar-refractivity contribution in [2.24, 2.45) is 4.99 Å². The molecule has 1 atom stereocenters. The van der Waals surface area contributed by atoms with Gasteiger partial charge in [0.1, 0.15) is 17.8 Å². The first kappa shape index (κ1) is 33.1. The molecule has 1 unspecified atom stereocenters. The zero-order chi connectivity index (χ0) is 36.6. The normalized spacial score (nSPS) is 14.3. The molecule has 0 fully saturated rings. The van der Waals surface area contributed by atoms with Gasteiger partial charge in [-0.2, -0.15) is 5.26 Å². The smallest absolute Gasteiger partial charge is 0.148 e. The lowest BCUT2D eigenvalue weighted by Gasteiger charge is -2.36. The highest BCUT2D eigenvalue weighted by atomic mass is 31.0. The van der Waals surface area contributed by atoms with Crippen molar-refractivity contribution in [3.63, 3.8) is 0 Å². The van der Waals surface area contributed by atoms with Gasteiger partial charge in [-0.25, -0.2) is 0 Å². The van der Waals surface area contributed by atoms with Crippen molar-refractivity contribution < 1.29 is 0 Å².